The van der Waals surface area contributed by atoms with Crippen molar-refractivity contribution in [3.63, 3.8) is 0 Å². The number of hydrogen-bond donors (Lipinski definition) is 3. The van der Waals surface area contributed by atoms with E-state index in [9.17, 15) is 0 Å². The number of piperidine rings is 1. The van der Waals surface area contributed by atoms with Gasteiger partial charge >= 0.3 is 0 Å². The van der Waals surface area contributed by atoms with Crippen molar-refractivity contribution in [1.82, 2.24) is 14.9 Å². The van der Waals surface area contributed by atoms with Crippen molar-refractivity contribution in [2.75, 3.05) is 37.4 Å². The zero-order valence-electron chi connectivity index (χ0n) is 11.1. The van der Waals surface area contributed by atoms with E-state index in [4.69, 9.17) is 5.84 Å². The van der Waals surface area contributed by atoms with Crippen molar-refractivity contribution in [2.45, 2.75) is 19.8 Å². The average Bonchev–Trinajstić information content (AvgIpc) is 2.38. The first-order chi connectivity index (χ1) is 8.70. The van der Waals surface area contributed by atoms with Gasteiger partial charge in [0.1, 0.15) is 18.0 Å². The van der Waals surface area contributed by atoms with E-state index in [1.807, 2.05) is 6.92 Å². The molecule has 0 bridgehead atoms. The second-order valence-corrected chi connectivity index (χ2v) is 4.99. The Morgan fingerprint density at radius 2 is 2.22 bits per heavy atom. The minimum absolute atomic E-state index is 0.674. The summed E-state index contributed by atoms with van der Waals surface area (Å²) in [4.78, 5) is 10.7. The summed E-state index contributed by atoms with van der Waals surface area (Å²) in [6.45, 7) is 5.28. The van der Waals surface area contributed by atoms with Crippen LogP contribution in [0.1, 0.15) is 18.4 Å². The third-order valence-electron chi connectivity index (χ3n) is 3.50. The van der Waals surface area contributed by atoms with Gasteiger partial charge in [-0.05, 0) is 39.3 Å². The maximum atomic E-state index is 5.40. The van der Waals surface area contributed by atoms with Crippen LogP contribution in [0.2, 0.25) is 0 Å². The van der Waals surface area contributed by atoms with Crippen LogP contribution in [0.4, 0.5) is 11.6 Å². The van der Waals surface area contributed by atoms with Crippen molar-refractivity contribution in [3.05, 3.63) is 11.9 Å². The first-order valence-corrected chi connectivity index (χ1v) is 6.41. The van der Waals surface area contributed by atoms with E-state index in [1.165, 1.54) is 25.7 Å². The van der Waals surface area contributed by atoms with E-state index >= 15 is 0 Å². The zero-order chi connectivity index (χ0) is 13.0. The second kappa shape index (κ2) is 5.97. The summed E-state index contributed by atoms with van der Waals surface area (Å²) in [6, 6.07) is 0. The smallest absolute Gasteiger partial charge is 0.148 e. The van der Waals surface area contributed by atoms with Crippen LogP contribution in [0.5, 0.6) is 0 Å². The first kappa shape index (κ1) is 13.0. The fourth-order valence-corrected chi connectivity index (χ4v) is 2.45. The lowest BCUT2D eigenvalue weighted by molar-refractivity contribution is 0.217. The first-order valence-electron chi connectivity index (χ1n) is 6.41. The minimum atomic E-state index is 0.674. The lowest BCUT2D eigenvalue weighted by Gasteiger charge is -2.30. The molecular formula is C12H22N6. The summed E-state index contributed by atoms with van der Waals surface area (Å²) in [5.41, 5.74) is 3.54. The molecule has 1 saturated heterocycles. The number of nitrogens with one attached hydrogen (secondary N) is 2. The van der Waals surface area contributed by atoms with Crippen LogP contribution in [0, 0.1) is 12.8 Å². The molecule has 100 valence electrons. The molecule has 1 atom stereocenters. The number of hydrazine groups is 1. The Labute approximate surface area is 108 Å². The highest BCUT2D eigenvalue weighted by molar-refractivity contribution is 5.55. The normalized spacial score (nSPS) is 20.7. The molecule has 0 saturated carbocycles. The van der Waals surface area contributed by atoms with Crippen molar-refractivity contribution in [3.8, 4) is 0 Å². The lowest BCUT2D eigenvalue weighted by Crippen LogP contribution is -2.35. The average molecular weight is 250 g/mol. The summed E-state index contributed by atoms with van der Waals surface area (Å²) < 4.78 is 0. The van der Waals surface area contributed by atoms with E-state index in [0.717, 1.165) is 24.5 Å². The predicted octanol–water partition coefficient (Wildman–Crippen LogP) is 0.824. The molecule has 6 nitrogen and oxygen atoms in total. The quantitative estimate of drug-likeness (QED) is 0.542. The Morgan fingerprint density at radius 3 is 2.94 bits per heavy atom. The van der Waals surface area contributed by atoms with E-state index < -0.39 is 0 Å². The van der Waals surface area contributed by atoms with Crippen molar-refractivity contribution in [2.24, 2.45) is 11.8 Å². The summed E-state index contributed by atoms with van der Waals surface area (Å²) in [6.07, 6.45) is 4.09. The highest BCUT2D eigenvalue weighted by Gasteiger charge is 2.17. The van der Waals surface area contributed by atoms with Gasteiger partial charge in [0, 0.05) is 18.7 Å². The molecule has 1 aliphatic heterocycles. The highest BCUT2D eigenvalue weighted by atomic mass is 15.3. The molecule has 1 fully saturated rings. The van der Waals surface area contributed by atoms with Gasteiger partial charge in [-0.3, -0.25) is 0 Å². The summed E-state index contributed by atoms with van der Waals surface area (Å²) >= 11 is 0. The number of rotatable bonds is 4. The van der Waals surface area contributed by atoms with E-state index in [0.29, 0.717) is 11.7 Å². The van der Waals surface area contributed by atoms with Gasteiger partial charge in [-0.15, -0.1) is 0 Å². The number of aromatic nitrogens is 2. The maximum Gasteiger partial charge on any atom is 0.148 e. The van der Waals surface area contributed by atoms with Crippen LogP contribution in [-0.4, -0.2) is 41.5 Å². The Morgan fingerprint density at radius 1 is 1.44 bits per heavy atom. The Kier molecular flexibility index (Phi) is 4.33. The lowest BCUT2D eigenvalue weighted by atomic mass is 9.98. The van der Waals surface area contributed by atoms with Crippen LogP contribution < -0.4 is 16.6 Å². The third-order valence-corrected chi connectivity index (χ3v) is 3.50. The van der Waals surface area contributed by atoms with Crippen LogP contribution in [0.3, 0.4) is 0 Å². The van der Waals surface area contributed by atoms with Crippen LogP contribution in [0.25, 0.3) is 0 Å². The molecule has 2 rings (SSSR count). The molecule has 1 aromatic rings. The van der Waals surface area contributed by atoms with Gasteiger partial charge in [0.25, 0.3) is 0 Å². The molecule has 0 aromatic carbocycles. The van der Waals surface area contributed by atoms with Gasteiger partial charge in [0.15, 0.2) is 0 Å². The van der Waals surface area contributed by atoms with Crippen LogP contribution in [0.15, 0.2) is 6.33 Å². The van der Waals surface area contributed by atoms with Gasteiger partial charge in [-0.2, -0.15) is 0 Å². The Balaban J connectivity index is 1.93. The monoisotopic (exact) mass is 250 g/mol. The molecule has 0 aliphatic carbocycles. The number of likely N-dealkylation sites (tertiary alicyclic amines) is 1. The molecule has 1 aromatic heterocycles. The third kappa shape index (κ3) is 3.08. The van der Waals surface area contributed by atoms with Crippen molar-refractivity contribution < 1.29 is 0 Å². The van der Waals surface area contributed by atoms with E-state index in [2.05, 4.69) is 32.7 Å². The molecule has 0 amide bonds. The highest BCUT2D eigenvalue weighted by Crippen LogP contribution is 2.19. The number of nitrogen functional groups attached to an aromatic ring is 1. The van der Waals surface area contributed by atoms with Gasteiger partial charge < -0.3 is 15.6 Å². The molecule has 18 heavy (non-hydrogen) atoms. The van der Waals surface area contributed by atoms with Gasteiger partial charge in [-0.1, -0.05) is 0 Å². The number of nitrogens with two attached hydrogens (primary N) is 1. The standard InChI is InChI=1S/C12H22N6/c1-9-11(15-8-16-12(9)17-13)14-6-10-4-3-5-18(2)7-10/h8,10H,3-7,13H2,1-2H3,(H2,14,15,16,17). The van der Waals surface area contributed by atoms with Crippen molar-refractivity contribution >= 4 is 11.6 Å². The Bertz CT molecular complexity index is 394. The molecule has 1 unspecified atom stereocenters. The molecule has 0 spiro atoms. The Hall–Kier alpha value is -1.40. The van der Waals surface area contributed by atoms with Crippen molar-refractivity contribution in [1.29, 1.82) is 0 Å². The van der Waals surface area contributed by atoms with Gasteiger partial charge in [0.05, 0.1) is 0 Å². The minimum Gasteiger partial charge on any atom is -0.369 e. The molecule has 1 aliphatic rings. The maximum absolute atomic E-state index is 5.40. The predicted molar refractivity (Wildman–Crippen MR) is 73.3 cm³/mol. The number of anilines is 2. The molecule has 4 N–H and O–H groups in total. The topological polar surface area (TPSA) is 79.1 Å². The fraction of sp³-hybridized carbons (Fsp3) is 0.667. The molecule has 2 heterocycles. The number of hydrogen-bond acceptors (Lipinski definition) is 6. The summed E-state index contributed by atoms with van der Waals surface area (Å²) in [5.74, 6) is 7.63. The summed E-state index contributed by atoms with van der Waals surface area (Å²) in [5, 5.41) is 3.40. The van der Waals surface area contributed by atoms with E-state index in [1.54, 1.807) is 0 Å². The number of nitrogens with zero attached hydrogens (tertiary/aromatic N) is 3. The zero-order valence-corrected chi connectivity index (χ0v) is 11.1. The largest absolute Gasteiger partial charge is 0.369 e. The van der Waals surface area contributed by atoms with Crippen LogP contribution >= 0.6 is 0 Å². The van der Waals surface area contributed by atoms with E-state index in [-0.39, 0.29) is 0 Å². The van der Waals surface area contributed by atoms with Gasteiger partial charge in [-0.25, -0.2) is 15.8 Å². The SMILES string of the molecule is Cc1c(NN)ncnc1NCC1CCCN(C)C1. The van der Waals surface area contributed by atoms with Gasteiger partial charge in [0.2, 0.25) is 0 Å². The molecule has 0 radical (unpaired) electrons. The molecular weight excluding hydrogens is 228 g/mol. The summed E-state index contributed by atoms with van der Waals surface area (Å²) in [7, 11) is 2.18. The van der Waals surface area contributed by atoms with Crippen LogP contribution in [-0.2, 0) is 0 Å². The molecule has 6 heteroatoms. The second-order valence-electron chi connectivity index (χ2n) is 4.99. The fourth-order valence-electron chi connectivity index (χ4n) is 2.45.